The number of carboxylic acid groups (broad SMARTS) is 1. The summed E-state index contributed by atoms with van der Waals surface area (Å²) in [6.45, 7) is 3.83. The van der Waals surface area contributed by atoms with Crippen LogP contribution in [0.2, 0.25) is 0 Å². The predicted octanol–water partition coefficient (Wildman–Crippen LogP) is -0.689. The molecular formula is C17H24N4O6S. The molecular weight excluding hydrogens is 388 g/mol. The highest BCUT2D eigenvalue weighted by Gasteiger charge is 2.60. The van der Waals surface area contributed by atoms with Gasteiger partial charge in [0.2, 0.25) is 5.91 Å². The number of fused-ring (bicyclic) bond motifs is 1. The fourth-order valence-electron chi connectivity index (χ4n) is 3.84. The van der Waals surface area contributed by atoms with Gasteiger partial charge in [0.1, 0.15) is 11.5 Å². The second kappa shape index (κ2) is 8.00. The van der Waals surface area contributed by atoms with Gasteiger partial charge in [0, 0.05) is 36.1 Å². The van der Waals surface area contributed by atoms with Crippen molar-refractivity contribution < 1.29 is 29.4 Å². The number of nitrogens with zero attached hydrogens (tertiary/aromatic N) is 2. The Morgan fingerprint density at radius 3 is 2.82 bits per heavy atom. The second-order valence-corrected chi connectivity index (χ2v) is 8.42. The molecule has 11 heteroatoms. The summed E-state index contributed by atoms with van der Waals surface area (Å²) in [5.74, 6) is -1.91. The second-order valence-electron chi connectivity index (χ2n) is 7.08. The summed E-state index contributed by atoms with van der Waals surface area (Å²) in [5.41, 5.74) is 0.0191. The van der Waals surface area contributed by atoms with Gasteiger partial charge in [-0.25, -0.2) is 4.79 Å². The predicted molar refractivity (Wildman–Crippen MR) is 101 cm³/mol. The number of hydrogen-bond acceptors (Lipinski definition) is 7. The van der Waals surface area contributed by atoms with Crippen LogP contribution in [0, 0.1) is 11.8 Å². The minimum absolute atomic E-state index is 0.0191. The van der Waals surface area contributed by atoms with E-state index >= 15 is 0 Å². The van der Waals surface area contributed by atoms with Crippen molar-refractivity contribution in [2.24, 2.45) is 17.0 Å². The van der Waals surface area contributed by atoms with E-state index in [0.717, 1.165) is 0 Å². The third-order valence-corrected chi connectivity index (χ3v) is 6.69. The maximum absolute atomic E-state index is 12.4. The van der Waals surface area contributed by atoms with E-state index in [4.69, 9.17) is 4.84 Å². The van der Waals surface area contributed by atoms with Crippen LogP contribution in [0.3, 0.4) is 0 Å². The summed E-state index contributed by atoms with van der Waals surface area (Å²) in [4.78, 5) is 42.3. The molecule has 10 nitrogen and oxygen atoms in total. The fraction of sp³-hybridized carbons (Fsp3) is 0.647. The van der Waals surface area contributed by atoms with Crippen molar-refractivity contribution in [3.05, 3.63) is 10.6 Å². The number of likely N-dealkylation sites (N-methyl/N-ethyl adjacent to an activating group) is 1. The number of oxime groups is 1. The van der Waals surface area contributed by atoms with E-state index in [9.17, 15) is 24.6 Å². The van der Waals surface area contributed by atoms with Gasteiger partial charge in [0.15, 0.2) is 6.61 Å². The van der Waals surface area contributed by atoms with Crippen molar-refractivity contribution in [1.82, 2.24) is 15.5 Å². The minimum Gasteiger partial charge on any atom is -0.477 e. The molecule has 2 fully saturated rings. The molecule has 0 aromatic heterocycles. The summed E-state index contributed by atoms with van der Waals surface area (Å²) < 4.78 is 0. The number of nitrogens with one attached hydrogen (secondary N) is 2. The molecule has 0 aromatic rings. The van der Waals surface area contributed by atoms with Crippen LogP contribution in [0.1, 0.15) is 20.3 Å². The number of amidine groups is 1. The Morgan fingerprint density at radius 1 is 1.50 bits per heavy atom. The Kier molecular flexibility index (Phi) is 5.84. The van der Waals surface area contributed by atoms with Crippen LogP contribution in [-0.2, 0) is 19.2 Å². The van der Waals surface area contributed by atoms with Crippen molar-refractivity contribution in [3.63, 3.8) is 0 Å². The van der Waals surface area contributed by atoms with E-state index in [0.29, 0.717) is 23.7 Å². The normalized spacial score (nSPS) is 31.4. The van der Waals surface area contributed by atoms with Gasteiger partial charge in [-0.2, -0.15) is 0 Å². The number of aliphatic carboxylic acids is 1. The maximum atomic E-state index is 12.4. The lowest BCUT2D eigenvalue weighted by molar-refractivity contribution is -0.163. The molecule has 0 saturated carbocycles. The topological polar surface area (TPSA) is 141 Å². The van der Waals surface area contributed by atoms with Gasteiger partial charge in [0.25, 0.3) is 5.91 Å². The monoisotopic (exact) mass is 412 g/mol. The highest BCUT2D eigenvalue weighted by Crippen LogP contribution is 2.51. The molecule has 1 unspecified atom stereocenters. The molecule has 2 saturated heterocycles. The van der Waals surface area contributed by atoms with Crippen LogP contribution in [0.4, 0.5) is 0 Å². The fourth-order valence-corrected chi connectivity index (χ4v) is 5.26. The molecule has 2 amide bonds. The van der Waals surface area contributed by atoms with Crippen molar-refractivity contribution in [1.29, 1.82) is 0 Å². The molecule has 154 valence electrons. The maximum Gasteiger partial charge on any atom is 0.353 e. The van der Waals surface area contributed by atoms with Crippen LogP contribution >= 0.6 is 11.8 Å². The first kappa shape index (κ1) is 20.5. The third-order valence-electron chi connectivity index (χ3n) is 5.21. The molecule has 0 radical (unpaired) electrons. The van der Waals surface area contributed by atoms with Gasteiger partial charge in [-0.05, 0) is 6.92 Å². The summed E-state index contributed by atoms with van der Waals surface area (Å²) >= 11 is 1.42. The van der Waals surface area contributed by atoms with Crippen molar-refractivity contribution >= 4 is 35.4 Å². The Hall–Kier alpha value is -2.27. The average Bonchev–Trinajstić information content (AvgIpc) is 3.16. The van der Waals surface area contributed by atoms with Gasteiger partial charge in [-0.1, -0.05) is 12.1 Å². The van der Waals surface area contributed by atoms with E-state index in [2.05, 4.69) is 15.8 Å². The van der Waals surface area contributed by atoms with Crippen LogP contribution in [0.25, 0.3) is 0 Å². The summed E-state index contributed by atoms with van der Waals surface area (Å²) in [5, 5.41) is 29.0. The Morgan fingerprint density at radius 2 is 2.21 bits per heavy atom. The lowest BCUT2D eigenvalue weighted by Crippen LogP contribution is -2.63. The lowest BCUT2D eigenvalue weighted by Gasteiger charge is -2.46. The smallest absolute Gasteiger partial charge is 0.353 e. The van der Waals surface area contributed by atoms with Gasteiger partial charge >= 0.3 is 5.97 Å². The third kappa shape index (κ3) is 3.55. The Bertz CT molecular complexity index is 752. The van der Waals surface area contributed by atoms with Crippen LogP contribution in [-0.4, -0.2) is 76.3 Å². The van der Waals surface area contributed by atoms with Crippen molar-refractivity contribution in [2.75, 3.05) is 20.2 Å². The molecule has 3 heterocycles. The zero-order valence-electron chi connectivity index (χ0n) is 15.8. The van der Waals surface area contributed by atoms with Crippen molar-refractivity contribution in [2.45, 2.75) is 37.7 Å². The number of amides is 2. The lowest BCUT2D eigenvalue weighted by atomic mass is 9.79. The number of rotatable bonds is 7. The standard InChI is InChI=1S/C17H24N4O6S/c1-7-13-12(8(2)22)16(24)21(13)14(17(25)26)15(7)28-9-4-10(19-5-9)20-27-6-11(23)18-3/h7-9,12-13,22H,4-6H2,1-3H3,(H,18,23)(H,19,20)(H,25,26)/t7-,8?,9+,12-,13-/m1/s1. The number of carbonyl (C=O) groups excluding carboxylic acids is 2. The molecule has 3 aliphatic rings. The highest BCUT2D eigenvalue weighted by molar-refractivity contribution is 8.03. The molecule has 28 heavy (non-hydrogen) atoms. The molecule has 5 atom stereocenters. The summed E-state index contributed by atoms with van der Waals surface area (Å²) in [6, 6.07) is -0.320. The molecule has 0 bridgehead atoms. The largest absolute Gasteiger partial charge is 0.477 e. The SMILES string of the molecule is CNC(=O)CON=C1C[C@H](SC2=C(C(=O)O)N3C(=O)[C@H](C(C)O)[C@H]3[C@H]2C)CN1. The summed E-state index contributed by atoms with van der Waals surface area (Å²) in [7, 11) is 1.51. The molecule has 3 aliphatic heterocycles. The van der Waals surface area contributed by atoms with E-state index in [1.807, 2.05) is 6.92 Å². The first-order valence-electron chi connectivity index (χ1n) is 9.04. The first-order valence-corrected chi connectivity index (χ1v) is 9.92. The molecule has 0 aromatic carbocycles. The van der Waals surface area contributed by atoms with Gasteiger partial charge in [-0.15, -0.1) is 11.8 Å². The van der Waals surface area contributed by atoms with Gasteiger partial charge < -0.3 is 30.6 Å². The van der Waals surface area contributed by atoms with Crippen molar-refractivity contribution in [3.8, 4) is 0 Å². The number of aliphatic hydroxyl groups excluding tert-OH is 1. The number of β-lactam (4-membered cyclic amide) rings is 1. The van der Waals surface area contributed by atoms with Crippen LogP contribution < -0.4 is 10.6 Å². The summed E-state index contributed by atoms with van der Waals surface area (Å²) in [6.07, 6.45) is -0.292. The van der Waals surface area contributed by atoms with Gasteiger partial charge in [0.05, 0.1) is 18.1 Å². The van der Waals surface area contributed by atoms with Crippen LogP contribution in [0.5, 0.6) is 0 Å². The minimum atomic E-state index is -1.14. The number of aliphatic hydroxyl groups is 1. The average molecular weight is 412 g/mol. The molecule has 0 spiro atoms. The van der Waals surface area contributed by atoms with E-state index in [-0.39, 0.29) is 41.3 Å². The quantitative estimate of drug-likeness (QED) is 0.318. The zero-order valence-corrected chi connectivity index (χ0v) is 16.7. The van der Waals surface area contributed by atoms with E-state index < -0.39 is 18.0 Å². The van der Waals surface area contributed by atoms with E-state index in [1.54, 1.807) is 6.92 Å². The van der Waals surface area contributed by atoms with Crippen LogP contribution in [0.15, 0.2) is 15.8 Å². The number of carbonyl (C=O) groups is 3. The zero-order chi connectivity index (χ0) is 20.6. The molecule has 0 aliphatic carbocycles. The first-order chi connectivity index (χ1) is 13.3. The van der Waals surface area contributed by atoms with E-state index in [1.165, 1.54) is 23.7 Å². The highest BCUT2D eigenvalue weighted by atomic mass is 32.2. The molecule has 3 rings (SSSR count). The number of thioether (sulfide) groups is 1. The Balaban J connectivity index is 1.68. The Labute approximate surface area is 166 Å². The number of carboxylic acids is 1. The number of hydrogen-bond donors (Lipinski definition) is 4. The van der Waals surface area contributed by atoms with Gasteiger partial charge in [-0.3, -0.25) is 9.59 Å². The molecule has 4 N–H and O–H groups in total.